The second-order valence-electron chi connectivity index (χ2n) is 0.599. The molecule has 3 nitrogen and oxygen atoms in total. The molecule has 0 aliphatic carbocycles. The molecule has 0 fully saturated rings. The van der Waals surface area contributed by atoms with Gasteiger partial charge in [0.05, 0.1) is 0 Å². The van der Waals surface area contributed by atoms with E-state index in [1.165, 1.54) is 0 Å². The summed E-state index contributed by atoms with van der Waals surface area (Å²) in [6.45, 7) is 9.11. The van der Waals surface area contributed by atoms with Crippen LogP contribution in [0.15, 0.2) is 15.2 Å². The molecule has 0 unspecified atom stereocenters. The van der Waals surface area contributed by atoms with Crippen LogP contribution in [0, 0.1) is 113 Å². The Balaban J connectivity index is -0.0000000131. The van der Waals surface area contributed by atoms with Crippen LogP contribution in [0.2, 0.25) is 0 Å². The van der Waals surface area contributed by atoms with E-state index in [0.29, 0.717) is 0 Å². The summed E-state index contributed by atoms with van der Waals surface area (Å²) < 4.78 is 0. The van der Waals surface area contributed by atoms with Crippen LogP contribution < -0.4 is 0 Å². The predicted molar refractivity (Wildman–Crippen MR) is 34.6 cm³/mol. The van der Waals surface area contributed by atoms with E-state index in [9.17, 15) is 0 Å². The molecule has 0 saturated carbocycles. The monoisotopic (exact) mass is 219 g/mol. The van der Waals surface area contributed by atoms with Crippen LogP contribution in [0.25, 0.3) is 0 Å². The maximum absolute atomic E-state index is 3.25. The topological polar surface area (TPSA) is 37.1 Å². The van der Waals surface area contributed by atoms with Gasteiger partial charge in [-0.3, -0.25) is 0 Å². The summed E-state index contributed by atoms with van der Waals surface area (Å²) in [5.41, 5.74) is 0. The Morgan fingerprint density at radius 2 is 0.900 bits per heavy atom. The molecule has 0 radical (unpaired) electrons. The Morgan fingerprint density at radius 3 is 0.900 bits per heavy atom. The molecule has 0 N–H and O–H groups in total. The molecular formula is C4H9Ar3N3. The Hall–Kier alpha value is 2.79. The van der Waals surface area contributed by atoms with Crippen molar-refractivity contribution in [3.63, 3.8) is 0 Å². The number of hydrogen-bond donors (Lipinski definition) is 0. The molecule has 64 valence electrons. The third-order valence-electron chi connectivity index (χ3n) is 0.1000. The average Bonchev–Trinajstić information content (AvgIpc) is 1.69. The molecule has 0 atom stereocenters. The first-order valence-electron chi connectivity index (χ1n) is 1.60. The summed E-state index contributed by atoms with van der Waals surface area (Å²) in [6.07, 6.45) is 0. The quantitative estimate of drug-likeness (QED) is 0.458. The van der Waals surface area contributed by atoms with Crippen molar-refractivity contribution in [2.24, 2.45) is 15.2 Å². The Bertz CT molecular complexity index is 60.8. The minimum absolute atomic E-state index is 0. The molecule has 0 bridgehead atoms. The molecule has 0 aromatic rings. The standard InChI is InChI=1S/C2H4N2.C2H5N.3Ar/c1-3-4-2;1-3-2;;;/h1-2H2;1H2,2H3;;;. The van der Waals surface area contributed by atoms with Crippen molar-refractivity contribution < 1.29 is 113 Å². The minimum atomic E-state index is 0. The first-order chi connectivity index (χ1) is 3.33. The molecule has 0 heterocycles. The van der Waals surface area contributed by atoms with Gasteiger partial charge in [0.1, 0.15) is 0 Å². The summed E-state index contributed by atoms with van der Waals surface area (Å²) in [4.78, 5) is 3.25. The van der Waals surface area contributed by atoms with Gasteiger partial charge >= 0.3 is 0 Å². The van der Waals surface area contributed by atoms with E-state index in [1.807, 2.05) is 0 Å². The van der Waals surface area contributed by atoms with Crippen LogP contribution in [0.1, 0.15) is 0 Å². The van der Waals surface area contributed by atoms with E-state index in [4.69, 9.17) is 0 Å². The zero-order valence-electron chi connectivity index (χ0n) is 5.52. The van der Waals surface area contributed by atoms with Crippen molar-refractivity contribution in [1.82, 2.24) is 0 Å². The Morgan fingerprint density at radius 1 is 0.800 bits per heavy atom. The van der Waals surface area contributed by atoms with Crippen molar-refractivity contribution in [2.75, 3.05) is 7.05 Å². The van der Waals surface area contributed by atoms with E-state index >= 15 is 0 Å². The maximum atomic E-state index is 3.25. The van der Waals surface area contributed by atoms with E-state index < -0.39 is 0 Å². The molecule has 0 aromatic carbocycles. The van der Waals surface area contributed by atoms with Crippen LogP contribution >= 0.6 is 0 Å². The second-order valence-corrected chi connectivity index (χ2v) is 0.599. The summed E-state index contributed by atoms with van der Waals surface area (Å²) in [5, 5.41) is 6.00. The van der Waals surface area contributed by atoms with Crippen molar-refractivity contribution in [1.29, 1.82) is 0 Å². The number of aliphatic imine (C=N–C) groups is 1. The van der Waals surface area contributed by atoms with E-state index in [2.05, 4.69) is 35.3 Å². The molecule has 0 spiro atoms. The average molecular weight is 219 g/mol. The number of rotatable bonds is 1. The van der Waals surface area contributed by atoms with Crippen LogP contribution in [-0.2, 0) is 0 Å². The van der Waals surface area contributed by atoms with Gasteiger partial charge in [-0.25, -0.2) is 0 Å². The van der Waals surface area contributed by atoms with Gasteiger partial charge in [0.2, 0.25) is 0 Å². The fourth-order valence-electron chi connectivity index (χ4n) is 0. The predicted octanol–water partition coefficient (Wildman–Crippen LogP) is 0.619. The third kappa shape index (κ3) is 72.0. The first kappa shape index (κ1) is 29.3. The van der Waals surface area contributed by atoms with Crippen LogP contribution in [0.5, 0.6) is 0 Å². The van der Waals surface area contributed by atoms with Crippen molar-refractivity contribution >= 4 is 20.2 Å². The minimum Gasteiger partial charge on any atom is -0.304 e. The molecule has 0 rings (SSSR count). The Labute approximate surface area is 152 Å². The molecule has 0 amide bonds. The van der Waals surface area contributed by atoms with Gasteiger partial charge in [-0.1, -0.05) is 0 Å². The van der Waals surface area contributed by atoms with Gasteiger partial charge in [0.25, 0.3) is 0 Å². The molecule has 0 aromatic heterocycles. The van der Waals surface area contributed by atoms with Gasteiger partial charge in [-0.05, 0) is 6.72 Å². The van der Waals surface area contributed by atoms with Crippen molar-refractivity contribution in [2.45, 2.75) is 0 Å². The van der Waals surface area contributed by atoms with Crippen LogP contribution in [-0.4, -0.2) is 27.2 Å². The zero-order chi connectivity index (χ0) is 6.12. The van der Waals surface area contributed by atoms with Crippen molar-refractivity contribution in [3.8, 4) is 0 Å². The summed E-state index contributed by atoms with van der Waals surface area (Å²) in [6, 6.07) is 0. The summed E-state index contributed by atoms with van der Waals surface area (Å²) in [5.74, 6) is 0. The largest absolute Gasteiger partial charge is 0.304 e. The van der Waals surface area contributed by atoms with Gasteiger partial charge in [-0.15, -0.1) is 0 Å². The number of nitrogens with zero attached hydrogens (tertiary/aromatic N) is 3. The summed E-state index contributed by atoms with van der Waals surface area (Å²) in [7, 11) is 1.64. The summed E-state index contributed by atoms with van der Waals surface area (Å²) >= 11 is 0. The van der Waals surface area contributed by atoms with Gasteiger partial charge in [0.15, 0.2) is 0 Å². The van der Waals surface area contributed by atoms with Gasteiger partial charge in [0, 0.05) is 134 Å². The fraction of sp³-hybridized carbons (Fsp3) is 0.250. The fourth-order valence-corrected chi connectivity index (χ4v) is 0. The third-order valence-corrected chi connectivity index (χ3v) is 0.1000. The van der Waals surface area contributed by atoms with E-state index in [1.54, 1.807) is 7.05 Å². The van der Waals surface area contributed by atoms with Gasteiger partial charge in [-0.2, -0.15) is 10.2 Å². The molecule has 0 aliphatic heterocycles. The molecular weight excluding hydrogens is 210 g/mol. The molecule has 10 heavy (non-hydrogen) atoms. The molecule has 0 aliphatic rings. The molecule has 6 heteroatoms. The smallest absolute Gasteiger partial charge is 0.0269 e. The maximum Gasteiger partial charge on any atom is 0.0269 e. The Kier molecular flexibility index (Phi) is 120. The second kappa shape index (κ2) is 40.9. The first-order valence-corrected chi connectivity index (χ1v) is 1.60. The zero-order valence-corrected chi connectivity index (χ0v) is 7.64. The SMILES string of the molecule is C=NC.C=NN=C.[Ar].[Ar].[Ar]. The van der Waals surface area contributed by atoms with Crippen LogP contribution in [0.4, 0.5) is 0 Å². The van der Waals surface area contributed by atoms with E-state index in [0.717, 1.165) is 0 Å². The van der Waals surface area contributed by atoms with Crippen molar-refractivity contribution in [3.05, 3.63) is 0 Å². The number of hydrogen-bond acceptors (Lipinski definition) is 3. The van der Waals surface area contributed by atoms with E-state index in [-0.39, 0.29) is 113 Å². The normalized spacial score (nSPS) is 3.30. The molecule has 0 saturated heterocycles. The van der Waals surface area contributed by atoms with Crippen LogP contribution in [0.3, 0.4) is 0 Å². The van der Waals surface area contributed by atoms with Gasteiger partial charge < -0.3 is 4.99 Å².